The quantitative estimate of drug-likeness (QED) is 0.482. The number of nitrogens with zero attached hydrogens (tertiary/aromatic N) is 1. The number of para-hydroxylation sites is 1. The van der Waals surface area contributed by atoms with Crippen LogP contribution >= 0.6 is 34.8 Å². The predicted molar refractivity (Wildman–Crippen MR) is 96.9 cm³/mol. The number of aromatic amines is 1. The highest BCUT2D eigenvalue weighted by Crippen LogP contribution is 2.28. The highest BCUT2D eigenvalue weighted by atomic mass is 127. The molecule has 21 heavy (non-hydrogen) atoms. The number of fused-ring (bicyclic) bond motifs is 1. The summed E-state index contributed by atoms with van der Waals surface area (Å²) in [6.07, 6.45) is 0.124. The smallest absolute Gasteiger partial charge is 0.182 e. The van der Waals surface area contributed by atoms with Gasteiger partial charge in [-0.3, -0.25) is 4.57 Å². The normalized spacial score (nSPS) is 11.2. The number of H-pyrrole nitrogens is 1. The fourth-order valence-corrected chi connectivity index (χ4v) is 3.16. The van der Waals surface area contributed by atoms with E-state index in [0.29, 0.717) is 4.77 Å². The first-order chi connectivity index (χ1) is 10.1. The van der Waals surface area contributed by atoms with Gasteiger partial charge in [0.25, 0.3) is 0 Å². The van der Waals surface area contributed by atoms with Crippen molar-refractivity contribution in [3.05, 3.63) is 50.8 Å². The van der Waals surface area contributed by atoms with Crippen LogP contribution in [0.2, 0.25) is 0 Å². The molecule has 2 aromatic carbocycles. The fraction of sp³-hybridized carbons (Fsp3) is 0.188. The Morgan fingerprint density at radius 1 is 1.19 bits per heavy atom. The Kier molecular flexibility index (Phi) is 4.03. The summed E-state index contributed by atoms with van der Waals surface area (Å²) < 4.78 is 9.75. The topological polar surface area (TPSA) is 29.9 Å². The van der Waals surface area contributed by atoms with E-state index in [4.69, 9.17) is 17.0 Å². The number of hydrogen-bond donors (Lipinski definition) is 1. The molecular weight excluding hydrogens is 395 g/mol. The predicted octanol–water partition coefficient (Wildman–Crippen LogP) is 5.08. The van der Waals surface area contributed by atoms with E-state index in [2.05, 4.69) is 51.8 Å². The molecule has 0 aliphatic heterocycles. The first kappa shape index (κ1) is 14.6. The lowest BCUT2D eigenvalue weighted by molar-refractivity contribution is 0.245. The van der Waals surface area contributed by atoms with Gasteiger partial charge in [0.15, 0.2) is 4.77 Å². The van der Waals surface area contributed by atoms with Gasteiger partial charge in [0.05, 0.1) is 11.6 Å². The van der Waals surface area contributed by atoms with Gasteiger partial charge in [0.2, 0.25) is 0 Å². The lowest BCUT2D eigenvalue weighted by Crippen LogP contribution is -2.05. The Labute approximate surface area is 142 Å². The van der Waals surface area contributed by atoms with Crippen LogP contribution in [0.3, 0.4) is 0 Å². The number of imidazole rings is 1. The monoisotopic (exact) mass is 410 g/mol. The van der Waals surface area contributed by atoms with Crippen LogP contribution in [-0.2, 0) is 0 Å². The van der Waals surface area contributed by atoms with Crippen molar-refractivity contribution >= 4 is 45.8 Å². The van der Waals surface area contributed by atoms with Crippen LogP contribution in [-0.4, -0.2) is 15.7 Å². The van der Waals surface area contributed by atoms with Crippen molar-refractivity contribution in [1.82, 2.24) is 9.55 Å². The summed E-state index contributed by atoms with van der Waals surface area (Å²) in [4.78, 5) is 3.27. The van der Waals surface area contributed by atoms with Gasteiger partial charge >= 0.3 is 0 Å². The molecule has 0 aliphatic carbocycles. The van der Waals surface area contributed by atoms with Crippen molar-refractivity contribution in [2.45, 2.75) is 20.0 Å². The number of aromatic nitrogens is 2. The van der Waals surface area contributed by atoms with Crippen molar-refractivity contribution in [3.63, 3.8) is 0 Å². The number of ether oxygens (including phenoxy) is 1. The molecule has 0 atom stereocenters. The second-order valence-electron chi connectivity index (χ2n) is 5.06. The summed E-state index contributed by atoms with van der Waals surface area (Å²) >= 11 is 7.81. The maximum atomic E-state index is 5.86. The van der Waals surface area contributed by atoms with Crippen LogP contribution in [0.4, 0.5) is 0 Å². The summed E-state index contributed by atoms with van der Waals surface area (Å²) in [7, 11) is 0. The average molecular weight is 410 g/mol. The van der Waals surface area contributed by atoms with Crippen LogP contribution in [0.15, 0.2) is 42.5 Å². The molecule has 1 heterocycles. The van der Waals surface area contributed by atoms with Gasteiger partial charge in [-0.15, -0.1) is 0 Å². The fourth-order valence-electron chi connectivity index (χ4n) is 2.33. The molecule has 108 valence electrons. The molecule has 0 amide bonds. The summed E-state index contributed by atoms with van der Waals surface area (Å²) in [6.45, 7) is 4.04. The molecule has 0 fully saturated rings. The Balaban J connectivity index is 2.25. The van der Waals surface area contributed by atoms with E-state index < -0.39 is 0 Å². The van der Waals surface area contributed by atoms with Crippen molar-refractivity contribution in [3.8, 4) is 11.4 Å². The Morgan fingerprint density at radius 2 is 1.95 bits per heavy atom. The molecule has 0 bridgehead atoms. The molecule has 0 aliphatic rings. The first-order valence-electron chi connectivity index (χ1n) is 6.72. The lowest BCUT2D eigenvalue weighted by atomic mass is 10.2. The van der Waals surface area contributed by atoms with Crippen LogP contribution in [0.1, 0.15) is 13.8 Å². The summed E-state index contributed by atoms with van der Waals surface area (Å²) in [5.41, 5.74) is 3.02. The minimum Gasteiger partial charge on any atom is -0.489 e. The second-order valence-corrected chi connectivity index (χ2v) is 6.69. The molecule has 3 rings (SSSR count). The number of halogens is 1. The zero-order chi connectivity index (χ0) is 15.0. The molecule has 0 saturated heterocycles. The molecule has 0 radical (unpaired) electrons. The largest absolute Gasteiger partial charge is 0.489 e. The van der Waals surface area contributed by atoms with Crippen LogP contribution in [0, 0.1) is 8.34 Å². The Morgan fingerprint density at radius 3 is 2.67 bits per heavy atom. The van der Waals surface area contributed by atoms with Gasteiger partial charge in [-0.2, -0.15) is 0 Å². The number of benzene rings is 2. The summed E-state index contributed by atoms with van der Waals surface area (Å²) in [6, 6.07) is 14.3. The number of rotatable bonds is 3. The molecule has 0 spiro atoms. The van der Waals surface area contributed by atoms with Gasteiger partial charge in [-0.1, -0.05) is 12.1 Å². The molecule has 3 nitrogen and oxygen atoms in total. The zero-order valence-corrected chi connectivity index (χ0v) is 14.7. The molecule has 1 aromatic heterocycles. The van der Waals surface area contributed by atoms with Gasteiger partial charge in [-0.05, 0) is 79.0 Å². The standard InChI is InChI=1S/C16H15IN2OS/c1-10(2)20-14-8-4-7-13-15(14)18-16(21)19(13)12-6-3-5-11(17)9-12/h3-10H,1-2H3,(H,18,21). The van der Waals surface area contributed by atoms with Gasteiger partial charge in [0.1, 0.15) is 11.3 Å². The van der Waals surface area contributed by atoms with Crippen LogP contribution < -0.4 is 4.74 Å². The van der Waals surface area contributed by atoms with Crippen molar-refractivity contribution in [2.75, 3.05) is 0 Å². The maximum Gasteiger partial charge on any atom is 0.182 e. The highest BCUT2D eigenvalue weighted by molar-refractivity contribution is 14.1. The van der Waals surface area contributed by atoms with Crippen molar-refractivity contribution in [2.24, 2.45) is 0 Å². The van der Waals surface area contributed by atoms with Gasteiger partial charge < -0.3 is 9.72 Å². The summed E-state index contributed by atoms with van der Waals surface area (Å²) in [5, 5.41) is 0. The summed E-state index contributed by atoms with van der Waals surface area (Å²) in [5.74, 6) is 0.831. The molecule has 0 unspecified atom stereocenters. The van der Waals surface area contributed by atoms with E-state index >= 15 is 0 Å². The van der Waals surface area contributed by atoms with E-state index in [1.165, 1.54) is 3.57 Å². The highest BCUT2D eigenvalue weighted by Gasteiger charge is 2.11. The van der Waals surface area contributed by atoms with Gasteiger partial charge in [0, 0.05) is 9.26 Å². The van der Waals surface area contributed by atoms with E-state index in [1.54, 1.807) is 0 Å². The minimum absolute atomic E-state index is 0.124. The van der Waals surface area contributed by atoms with Crippen molar-refractivity contribution in [1.29, 1.82) is 0 Å². The van der Waals surface area contributed by atoms with Crippen LogP contribution in [0.5, 0.6) is 5.75 Å². The van der Waals surface area contributed by atoms with E-state index in [0.717, 1.165) is 22.5 Å². The van der Waals surface area contributed by atoms with E-state index in [9.17, 15) is 0 Å². The van der Waals surface area contributed by atoms with Gasteiger partial charge in [-0.25, -0.2) is 0 Å². The molecule has 5 heteroatoms. The number of nitrogens with one attached hydrogen (secondary N) is 1. The third-order valence-corrected chi connectivity index (χ3v) is 4.06. The van der Waals surface area contributed by atoms with E-state index in [1.807, 2.05) is 36.6 Å². The second kappa shape index (κ2) is 5.81. The maximum absolute atomic E-state index is 5.86. The first-order valence-corrected chi connectivity index (χ1v) is 8.21. The van der Waals surface area contributed by atoms with Crippen LogP contribution in [0.25, 0.3) is 16.7 Å². The molecular formula is C16H15IN2OS. The van der Waals surface area contributed by atoms with Crippen molar-refractivity contribution < 1.29 is 4.74 Å². The Hall–Kier alpha value is -1.34. The molecule has 3 aromatic rings. The number of hydrogen-bond acceptors (Lipinski definition) is 2. The van der Waals surface area contributed by atoms with E-state index in [-0.39, 0.29) is 6.10 Å². The molecule has 1 N–H and O–H groups in total. The SMILES string of the molecule is CC(C)Oc1cccc2c1[nH]c(=S)n2-c1cccc(I)c1. The lowest BCUT2D eigenvalue weighted by Gasteiger charge is -2.10. The zero-order valence-electron chi connectivity index (χ0n) is 11.8. The Bertz CT molecular complexity index is 851. The average Bonchev–Trinajstić information content (AvgIpc) is 2.75. The minimum atomic E-state index is 0.124. The third-order valence-electron chi connectivity index (χ3n) is 3.11. The third kappa shape index (κ3) is 2.85. The molecule has 0 saturated carbocycles.